The zero-order valence-electron chi connectivity index (χ0n) is 18.8. The second kappa shape index (κ2) is 10.7. The first kappa shape index (κ1) is 23.1. The Morgan fingerprint density at radius 2 is 1.85 bits per heavy atom. The molecular formula is C26H26N4O4. The van der Waals surface area contributed by atoms with Crippen molar-refractivity contribution in [1.29, 1.82) is 0 Å². The minimum absolute atomic E-state index is 0.0386. The van der Waals surface area contributed by atoms with Crippen molar-refractivity contribution in [2.75, 3.05) is 20.2 Å². The van der Waals surface area contributed by atoms with Crippen LogP contribution in [0, 0.1) is 0 Å². The van der Waals surface area contributed by atoms with E-state index in [1.165, 1.54) is 12.0 Å². The molecule has 1 fully saturated rings. The number of carbonyl (C=O) groups is 2. The number of aliphatic hydroxyl groups excluding tert-OH is 1. The maximum absolute atomic E-state index is 13.3. The fraction of sp³-hybridized carbons (Fsp3) is 0.231. The van der Waals surface area contributed by atoms with Crippen molar-refractivity contribution < 1.29 is 19.5 Å². The summed E-state index contributed by atoms with van der Waals surface area (Å²) in [5.41, 5.74) is 3.47. The fourth-order valence-corrected chi connectivity index (χ4v) is 3.94. The molecule has 1 saturated heterocycles. The lowest BCUT2D eigenvalue weighted by Gasteiger charge is -2.24. The highest BCUT2D eigenvalue weighted by molar-refractivity contribution is 6.05. The van der Waals surface area contributed by atoms with Gasteiger partial charge in [-0.05, 0) is 29.8 Å². The summed E-state index contributed by atoms with van der Waals surface area (Å²) in [6.45, 7) is 0.227. The van der Waals surface area contributed by atoms with E-state index in [1.54, 1.807) is 30.5 Å². The Morgan fingerprint density at radius 3 is 2.53 bits per heavy atom. The second-order valence-corrected chi connectivity index (χ2v) is 7.96. The van der Waals surface area contributed by atoms with E-state index in [0.29, 0.717) is 16.8 Å². The third-order valence-electron chi connectivity index (χ3n) is 5.69. The Balaban J connectivity index is 1.47. The number of nitrogens with one attached hydrogen (secondary N) is 1. The molecule has 174 valence electrons. The molecule has 0 spiro atoms. The second-order valence-electron chi connectivity index (χ2n) is 7.96. The minimum atomic E-state index is -0.845. The lowest BCUT2D eigenvalue weighted by atomic mass is 10.1. The van der Waals surface area contributed by atoms with Crippen molar-refractivity contribution in [2.45, 2.75) is 18.6 Å². The van der Waals surface area contributed by atoms with E-state index in [9.17, 15) is 14.7 Å². The number of amides is 2. The minimum Gasteiger partial charge on any atom is -0.399 e. The standard InChI is InChI=1S/C26H26N4O4/c1-34-29-21-15-23(25(32)28-16-24(31)19-7-3-2-4-8-19)30(17-21)26(33)20-12-10-18(11-13-20)22-9-5-6-14-27-22/h2-14,23-24,31H,15-17H2,1H3,(H,28,32)/t23-,24-/m0/s1. The van der Waals surface area contributed by atoms with E-state index in [-0.39, 0.29) is 31.3 Å². The molecule has 8 heteroatoms. The molecule has 34 heavy (non-hydrogen) atoms. The first-order valence-corrected chi connectivity index (χ1v) is 11.0. The number of oxime groups is 1. The molecule has 1 aliphatic rings. The third-order valence-corrected chi connectivity index (χ3v) is 5.69. The SMILES string of the molecule is CON=C1C[C@@H](C(=O)NC[C@H](O)c2ccccc2)N(C(=O)c2ccc(-c3ccccn3)cc2)C1. The van der Waals surface area contributed by atoms with Crippen LogP contribution in [0.25, 0.3) is 11.3 Å². The van der Waals surface area contributed by atoms with Crippen LogP contribution in [0.2, 0.25) is 0 Å². The van der Waals surface area contributed by atoms with Crippen LogP contribution in [-0.2, 0) is 9.63 Å². The van der Waals surface area contributed by atoms with E-state index < -0.39 is 12.1 Å². The molecule has 0 unspecified atom stereocenters. The molecule has 0 saturated carbocycles. The van der Waals surface area contributed by atoms with Gasteiger partial charge in [-0.1, -0.05) is 53.7 Å². The Bertz CT molecular complexity index is 1150. The van der Waals surface area contributed by atoms with Crippen LogP contribution in [-0.4, -0.2) is 58.8 Å². The molecule has 1 aromatic heterocycles. The highest BCUT2D eigenvalue weighted by Gasteiger charge is 2.38. The van der Waals surface area contributed by atoms with Gasteiger partial charge >= 0.3 is 0 Å². The van der Waals surface area contributed by atoms with E-state index in [0.717, 1.165) is 11.3 Å². The third kappa shape index (κ3) is 5.29. The zero-order valence-corrected chi connectivity index (χ0v) is 18.8. The molecule has 1 aliphatic heterocycles. The summed E-state index contributed by atoms with van der Waals surface area (Å²) in [6, 6.07) is 21.1. The van der Waals surface area contributed by atoms with Gasteiger partial charge in [-0.3, -0.25) is 14.6 Å². The molecule has 8 nitrogen and oxygen atoms in total. The average molecular weight is 459 g/mol. The highest BCUT2D eigenvalue weighted by Crippen LogP contribution is 2.22. The van der Waals surface area contributed by atoms with Gasteiger partial charge < -0.3 is 20.2 Å². The van der Waals surface area contributed by atoms with Gasteiger partial charge in [0.05, 0.1) is 24.1 Å². The number of benzene rings is 2. The van der Waals surface area contributed by atoms with Crippen LogP contribution in [0.4, 0.5) is 0 Å². The zero-order chi connectivity index (χ0) is 23.9. The fourth-order valence-electron chi connectivity index (χ4n) is 3.94. The molecule has 2 amide bonds. The Morgan fingerprint density at radius 1 is 1.12 bits per heavy atom. The van der Waals surface area contributed by atoms with Gasteiger partial charge in [-0.2, -0.15) is 0 Å². The van der Waals surface area contributed by atoms with E-state index >= 15 is 0 Å². The van der Waals surface area contributed by atoms with Gasteiger partial charge in [-0.15, -0.1) is 0 Å². The first-order valence-electron chi connectivity index (χ1n) is 11.0. The van der Waals surface area contributed by atoms with Crippen molar-refractivity contribution in [1.82, 2.24) is 15.2 Å². The van der Waals surface area contributed by atoms with Crippen LogP contribution in [0.1, 0.15) is 28.4 Å². The number of carbonyl (C=O) groups excluding carboxylic acids is 2. The number of hydrogen-bond donors (Lipinski definition) is 2. The first-order chi connectivity index (χ1) is 16.6. The van der Waals surface area contributed by atoms with Gasteiger partial charge in [0, 0.05) is 30.3 Å². The van der Waals surface area contributed by atoms with Gasteiger partial charge in [0.2, 0.25) is 5.91 Å². The Hall–Kier alpha value is -4.04. The molecule has 2 N–H and O–H groups in total. The Labute approximate surface area is 197 Å². The molecule has 4 rings (SSSR count). The number of hydrogen-bond acceptors (Lipinski definition) is 6. The number of nitrogens with zero attached hydrogens (tertiary/aromatic N) is 3. The molecule has 3 aromatic rings. The summed E-state index contributed by atoms with van der Waals surface area (Å²) < 4.78 is 0. The average Bonchev–Trinajstić information content (AvgIpc) is 3.32. The smallest absolute Gasteiger partial charge is 0.254 e. The lowest BCUT2D eigenvalue weighted by molar-refractivity contribution is -0.125. The summed E-state index contributed by atoms with van der Waals surface area (Å²) >= 11 is 0. The summed E-state index contributed by atoms with van der Waals surface area (Å²) in [5.74, 6) is -0.632. The molecule has 2 aromatic carbocycles. The van der Waals surface area contributed by atoms with Crippen molar-refractivity contribution >= 4 is 17.5 Å². The molecule has 2 atom stereocenters. The van der Waals surface area contributed by atoms with E-state index in [2.05, 4.69) is 15.5 Å². The van der Waals surface area contributed by atoms with E-state index in [4.69, 9.17) is 4.84 Å². The number of pyridine rings is 1. The van der Waals surface area contributed by atoms with Gasteiger partial charge in [0.25, 0.3) is 5.91 Å². The number of aromatic nitrogens is 1. The summed E-state index contributed by atoms with van der Waals surface area (Å²) in [6.07, 6.45) is 1.13. The van der Waals surface area contributed by atoms with Gasteiger partial charge in [-0.25, -0.2) is 0 Å². The number of likely N-dealkylation sites (tertiary alicyclic amines) is 1. The maximum atomic E-state index is 13.3. The number of rotatable bonds is 7. The predicted molar refractivity (Wildman–Crippen MR) is 128 cm³/mol. The normalized spacial score (nSPS) is 17.4. The number of aliphatic hydroxyl groups is 1. The highest BCUT2D eigenvalue weighted by atomic mass is 16.6. The summed E-state index contributed by atoms with van der Waals surface area (Å²) in [7, 11) is 1.43. The van der Waals surface area contributed by atoms with Crippen LogP contribution in [0.3, 0.4) is 0 Å². The monoisotopic (exact) mass is 458 g/mol. The van der Waals surface area contributed by atoms with Crippen molar-refractivity contribution in [3.8, 4) is 11.3 Å². The topological polar surface area (TPSA) is 104 Å². The quantitative estimate of drug-likeness (QED) is 0.530. The van der Waals surface area contributed by atoms with Crippen LogP contribution >= 0.6 is 0 Å². The van der Waals surface area contributed by atoms with Crippen molar-refractivity contribution in [3.63, 3.8) is 0 Å². The molecule has 0 bridgehead atoms. The van der Waals surface area contributed by atoms with Crippen molar-refractivity contribution in [2.24, 2.45) is 5.16 Å². The molecule has 0 radical (unpaired) electrons. The van der Waals surface area contributed by atoms with Gasteiger partial charge in [0.15, 0.2) is 0 Å². The maximum Gasteiger partial charge on any atom is 0.254 e. The van der Waals surface area contributed by atoms with Gasteiger partial charge in [0.1, 0.15) is 13.2 Å². The molecule has 2 heterocycles. The van der Waals surface area contributed by atoms with Crippen LogP contribution in [0.5, 0.6) is 0 Å². The predicted octanol–water partition coefficient (Wildman–Crippen LogP) is 2.82. The van der Waals surface area contributed by atoms with Crippen LogP contribution in [0.15, 0.2) is 84.1 Å². The Kier molecular flexibility index (Phi) is 7.29. The lowest BCUT2D eigenvalue weighted by Crippen LogP contribution is -2.46. The van der Waals surface area contributed by atoms with Crippen molar-refractivity contribution in [3.05, 3.63) is 90.1 Å². The van der Waals surface area contributed by atoms with E-state index in [1.807, 2.05) is 48.5 Å². The molecular weight excluding hydrogens is 432 g/mol. The van der Waals surface area contributed by atoms with Crippen LogP contribution < -0.4 is 5.32 Å². The molecule has 0 aliphatic carbocycles. The summed E-state index contributed by atoms with van der Waals surface area (Å²) in [4.78, 5) is 37.0. The summed E-state index contributed by atoms with van der Waals surface area (Å²) in [5, 5.41) is 17.1. The largest absolute Gasteiger partial charge is 0.399 e.